The minimum absolute atomic E-state index is 0.223. The number of fused-ring (bicyclic) bond motifs is 2. The normalized spacial score (nSPS) is 10.2. The smallest absolute Gasteiger partial charge is 0.336 e. The largest absolute Gasteiger partial charge is 0.478 e. The number of hydrogen-bond acceptors (Lipinski definition) is 9. The van der Waals surface area contributed by atoms with Crippen molar-refractivity contribution in [3.8, 4) is 0 Å². The number of rotatable bonds is 6. The van der Waals surface area contributed by atoms with Crippen LogP contribution in [0.4, 0.5) is 0 Å². The van der Waals surface area contributed by atoms with Crippen LogP contribution in [0.5, 0.6) is 0 Å². The molecule has 2 N–H and O–H groups in total. The van der Waals surface area contributed by atoms with Crippen molar-refractivity contribution in [2.75, 3.05) is 28.3 Å². The summed E-state index contributed by atoms with van der Waals surface area (Å²) in [5, 5.41) is 13.5. The Morgan fingerprint density at radius 1 is 0.698 bits per heavy atom. The number of nitrogens with one attached hydrogen (secondary N) is 1. The molecule has 294 valence electrons. The van der Waals surface area contributed by atoms with Crippen molar-refractivity contribution in [1.82, 2.24) is 20.2 Å². The molecule has 0 saturated carbocycles. The van der Waals surface area contributed by atoms with Crippen LogP contribution in [-0.4, -0.2) is 83.2 Å². The van der Waals surface area contributed by atoms with E-state index in [0.717, 1.165) is 38.9 Å². The lowest BCUT2D eigenvalue weighted by atomic mass is 9.97. The number of ether oxygens (including phenoxy) is 2. The van der Waals surface area contributed by atoms with Crippen molar-refractivity contribution in [1.29, 1.82) is 0 Å². The first kappa shape index (κ1) is 51.7. The van der Waals surface area contributed by atoms with Gasteiger partial charge in [0.25, 0.3) is 5.91 Å². The van der Waals surface area contributed by atoms with Crippen LogP contribution in [-0.2, 0) is 19.1 Å². The number of benzene rings is 2. The van der Waals surface area contributed by atoms with Crippen molar-refractivity contribution in [2.45, 2.75) is 94.2 Å². The number of esters is 2. The number of carboxylic acid groups (broad SMARTS) is 1. The number of hydrogen-bond donors (Lipinski definition) is 2. The van der Waals surface area contributed by atoms with E-state index < -0.39 is 23.0 Å². The predicted molar refractivity (Wildman–Crippen MR) is 233 cm³/mol. The number of halogens is 2. The summed E-state index contributed by atoms with van der Waals surface area (Å²) in [6.45, 7) is 22.2. The average Bonchev–Trinajstić information content (AvgIpc) is 3.17. The van der Waals surface area contributed by atoms with Crippen LogP contribution in [0.15, 0.2) is 48.5 Å². The molecule has 0 fully saturated rings. The second kappa shape index (κ2) is 24.8. The highest BCUT2D eigenvalue weighted by molar-refractivity contribution is 15.0. The van der Waals surface area contributed by atoms with Gasteiger partial charge in [0.1, 0.15) is 11.1 Å². The molecule has 53 heavy (non-hydrogen) atoms. The highest BCUT2D eigenvalue weighted by atomic mass is 128. The van der Waals surface area contributed by atoms with Crippen molar-refractivity contribution in [3.05, 3.63) is 82.2 Å². The Bertz CT molecular complexity index is 1810. The molecular formula is C40H58I2N4O7. The molecule has 0 atom stereocenters. The van der Waals surface area contributed by atoms with Gasteiger partial charge in [-0.25, -0.2) is 9.59 Å². The molecule has 2 heterocycles. The van der Waals surface area contributed by atoms with Crippen molar-refractivity contribution < 1.29 is 33.8 Å². The summed E-state index contributed by atoms with van der Waals surface area (Å²) in [6, 6.07) is 14.8. The number of aromatic nitrogens is 2. The van der Waals surface area contributed by atoms with Crippen LogP contribution >= 0.6 is 37.2 Å². The fraction of sp³-hybridized carbons (Fsp3) is 0.450. The van der Waals surface area contributed by atoms with Gasteiger partial charge < -0.3 is 24.8 Å². The average molecular weight is 961 g/mol. The van der Waals surface area contributed by atoms with E-state index in [1.165, 1.54) is 19.1 Å². The van der Waals surface area contributed by atoms with Crippen molar-refractivity contribution in [3.63, 3.8) is 0 Å². The van der Waals surface area contributed by atoms with Gasteiger partial charge in [0.05, 0.1) is 36.4 Å². The van der Waals surface area contributed by atoms with Crippen LogP contribution in [0.2, 0.25) is 0 Å². The van der Waals surface area contributed by atoms with Gasteiger partial charge in [-0.15, -0.1) is 0 Å². The Kier molecular flexibility index (Phi) is 24.2. The molecule has 13 heteroatoms. The Morgan fingerprint density at radius 2 is 1.06 bits per heavy atom. The number of carboxylic acids is 1. The van der Waals surface area contributed by atoms with Crippen LogP contribution in [0.25, 0.3) is 21.8 Å². The number of aryl methyl sites for hydroxylation is 2. The fourth-order valence-electron chi connectivity index (χ4n) is 4.58. The minimum Gasteiger partial charge on any atom is -0.478 e. The molecule has 0 radical (unpaired) electrons. The number of amides is 1. The third kappa shape index (κ3) is 13.7. The topological polar surface area (TPSA) is 148 Å². The molecule has 0 spiro atoms. The molecule has 1 amide bonds. The van der Waals surface area contributed by atoms with Crippen molar-refractivity contribution >= 4 is 82.9 Å². The highest BCUT2D eigenvalue weighted by Gasteiger charge is 2.37. The van der Waals surface area contributed by atoms with E-state index in [4.69, 9.17) is 9.84 Å². The first-order chi connectivity index (χ1) is 24.9. The molecule has 4 aromatic rings. The van der Waals surface area contributed by atoms with Gasteiger partial charge in [-0.1, -0.05) is 64.1 Å². The van der Waals surface area contributed by atoms with Crippen LogP contribution in [0.1, 0.15) is 98.6 Å². The van der Waals surface area contributed by atoms with Gasteiger partial charge in [0.15, 0.2) is 0 Å². The first-order valence-electron chi connectivity index (χ1n) is 17.1. The lowest BCUT2D eigenvalue weighted by Gasteiger charge is -2.33. The van der Waals surface area contributed by atoms with E-state index in [2.05, 4.69) is 57.3 Å². The molecule has 0 aliphatic rings. The number of likely N-dealkylation sites (N-methyl/N-ethyl adjacent to an activating group) is 2. The van der Waals surface area contributed by atoms with Gasteiger partial charge in [0, 0.05) is 66.4 Å². The molecule has 0 unspecified atom stereocenters. The number of nitrogens with zero attached hydrogens (tertiary/aromatic N) is 3. The summed E-state index contributed by atoms with van der Waals surface area (Å²) in [5.41, 5.74) is 3.95. The number of carbonyl (C=O) groups excluding carboxylic acids is 3. The summed E-state index contributed by atoms with van der Waals surface area (Å²) in [6.07, 6.45) is 0. The van der Waals surface area contributed by atoms with Gasteiger partial charge in [-0.3, -0.25) is 19.6 Å². The summed E-state index contributed by atoms with van der Waals surface area (Å²) in [7, 11) is 6.03. The first-order valence-corrected chi connectivity index (χ1v) is 23.4. The molecule has 11 nitrogen and oxygen atoms in total. The summed E-state index contributed by atoms with van der Waals surface area (Å²) < 4.78 is 9.32. The van der Waals surface area contributed by atoms with E-state index in [1.807, 2.05) is 90.9 Å². The zero-order valence-electron chi connectivity index (χ0n) is 34.1. The number of aromatic carboxylic acids is 1. The minimum atomic E-state index is -1.06. The van der Waals surface area contributed by atoms with Crippen LogP contribution in [0.3, 0.4) is 0 Å². The van der Waals surface area contributed by atoms with Crippen molar-refractivity contribution in [2.24, 2.45) is 0 Å². The van der Waals surface area contributed by atoms with E-state index in [-0.39, 0.29) is 11.9 Å². The number of carbonyl (C=O) groups is 4. The van der Waals surface area contributed by atoms with E-state index in [0.29, 0.717) is 16.5 Å². The zero-order chi connectivity index (χ0) is 41.9. The maximum atomic E-state index is 13.1. The Labute approximate surface area is 339 Å². The highest BCUT2D eigenvalue weighted by Crippen LogP contribution is 2.27. The van der Waals surface area contributed by atoms with E-state index >= 15 is 0 Å². The fourth-order valence-corrected chi connectivity index (χ4v) is 4.58. The molecular weight excluding hydrogens is 902 g/mol. The number of pyridine rings is 2. The van der Waals surface area contributed by atoms with Gasteiger partial charge in [-0.05, 0) is 85.7 Å². The Hall–Kier alpha value is -3.44. The van der Waals surface area contributed by atoms with E-state index in [9.17, 15) is 19.2 Å². The molecule has 0 aliphatic heterocycles. The maximum Gasteiger partial charge on any atom is 0.336 e. The zero-order valence-corrected chi connectivity index (χ0v) is 38.4. The van der Waals surface area contributed by atoms with Crippen LogP contribution in [0, 0.1) is 27.7 Å². The molecule has 0 aliphatic carbocycles. The molecule has 2 aromatic carbocycles. The Balaban J connectivity index is 0. The molecule has 2 aromatic heterocycles. The Morgan fingerprint density at radius 3 is 1.40 bits per heavy atom. The number of methoxy groups -OCH3 is 2. The predicted octanol–water partition coefficient (Wildman–Crippen LogP) is 9.41. The second-order valence-corrected chi connectivity index (χ2v) is 12.0. The van der Waals surface area contributed by atoms with Crippen LogP contribution < -0.4 is 5.32 Å². The maximum absolute atomic E-state index is 13.1. The standard InChI is InChI=1S/C18H22N2O3.C12H11NO2.C6H13NO2.2C2H6.I2/c1-11-12(2)19-14-10-8-7-9-13(14)15(11)16(21)20(5)18(3,4)17(22)23-6;1-7-8(2)13-10-6-4-3-5-9(10)11(7)12(14)15;1-6(2,7-3)5(8)9-4;3*1-2/h7-10H,1-6H3;3-6H,1-2H3,(H,14,15);7H,1-4H3;2*1-2H3;. The van der Waals surface area contributed by atoms with Gasteiger partial charge >= 0.3 is 17.9 Å². The molecule has 0 bridgehead atoms. The third-order valence-electron chi connectivity index (χ3n) is 8.34. The summed E-state index contributed by atoms with van der Waals surface area (Å²) >= 11 is 4.24. The van der Waals surface area contributed by atoms with E-state index in [1.54, 1.807) is 54.8 Å². The third-order valence-corrected chi connectivity index (χ3v) is 8.34. The number of para-hydroxylation sites is 2. The monoisotopic (exact) mass is 960 g/mol. The lowest BCUT2D eigenvalue weighted by Crippen LogP contribution is -2.51. The summed E-state index contributed by atoms with van der Waals surface area (Å²) in [4.78, 5) is 57.3. The summed E-state index contributed by atoms with van der Waals surface area (Å²) in [5.74, 6) is -1.82. The SMILES string of the molecule is CC.CC.CNC(C)(C)C(=O)OC.COC(=O)C(C)(C)N(C)C(=O)c1c(C)c(C)nc2ccccc12.Cc1nc2ccccc2c(C(=O)O)c1C.II. The second-order valence-electron chi connectivity index (χ2n) is 12.0. The molecule has 4 rings (SSSR count). The lowest BCUT2D eigenvalue weighted by molar-refractivity contribution is -0.151. The van der Waals surface area contributed by atoms with Gasteiger partial charge in [-0.2, -0.15) is 0 Å². The quantitative estimate of drug-likeness (QED) is 0.142. The molecule has 0 saturated heterocycles. The van der Waals surface area contributed by atoms with Gasteiger partial charge in [0.2, 0.25) is 0 Å².